The van der Waals surface area contributed by atoms with Gasteiger partial charge in [-0.15, -0.1) is 11.3 Å². The summed E-state index contributed by atoms with van der Waals surface area (Å²) in [5.41, 5.74) is 0.754. The van der Waals surface area contributed by atoms with E-state index in [0.717, 1.165) is 12.2 Å². The molecule has 2 aromatic rings. The lowest BCUT2D eigenvalue weighted by Gasteiger charge is -2.35. The molecule has 1 amide bonds. The second kappa shape index (κ2) is 6.03. The molecule has 1 saturated heterocycles. The number of amides is 1. The molecule has 0 bridgehead atoms. The maximum absolute atomic E-state index is 12.8. The van der Waals surface area contributed by atoms with Gasteiger partial charge in [-0.3, -0.25) is 4.79 Å². The normalized spacial score (nSPS) is 22.5. The molecule has 1 aliphatic rings. The van der Waals surface area contributed by atoms with Crippen LogP contribution >= 0.6 is 11.3 Å². The Labute approximate surface area is 128 Å². The van der Waals surface area contributed by atoms with E-state index < -0.39 is 0 Å². The van der Waals surface area contributed by atoms with Crippen molar-refractivity contribution in [1.82, 2.24) is 9.47 Å². The molecule has 112 valence electrons. The number of morpholine rings is 1. The molecule has 2 aromatic heterocycles. The highest BCUT2D eigenvalue weighted by atomic mass is 32.1. The number of nitrogens with zero attached hydrogens (tertiary/aromatic N) is 2. The van der Waals surface area contributed by atoms with E-state index in [-0.39, 0.29) is 18.1 Å². The van der Waals surface area contributed by atoms with E-state index in [0.29, 0.717) is 13.1 Å². The molecule has 21 heavy (non-hydrogen) atoms. The molecule has 3 rings (SSSR count). The molecule has 4 nitrogen and oxygen atoms in total. The van der Waals surface area contributed by atoms with Crippen molar-refractivity contribution >= 4 is 17.2 Å². The van der Waals surface area contributed by atoms with Gasteiger partial charge in [-0.25, -0.2) is 0 Å². The second-order valence-electron chi connectivity index (χ2n) is 5.57. The highest BCUT2D eigenvalue weighted by molar-refractivity contribution is 7.09. The number of ether oxygens (including phenoxy) is 1. The van der Waals surface area contributed by atoms with Crippen molar-refractivity contribution in [2.75, 3.05) is 13.1 Å². The van der Waals surface area contributed by atoms with Gasteiger partial charge in [-0.2, -0.15) is 0 Å². The third-order valence-corrected chi connectivity index (χ3v) is 4.52. The van der Waals surface area contributed by atoms with Gasteiger partial charge >= 0.3 is 0 Å². The fourth-order valence-electron chi connectivity index (χ4n) is 2.82. The first-order valence-electron chi connectivity index (χ1n) is 7.25. The van der Waals surface area contributed by atoms with Crippen LogP contribution in [0.1, 0.15) is 29.2 Å². The topological polar surface area (TPSA) is 34.5 Å². The van der Waals surface area contributed by atoms with E-state index in [1.165, 1.54) is 4.88 Å². The Balaban J connectivity index is 1.77. The van der Waals surface area contributed by atoms with E-state index in [1.807, 2.05) is 47.7 Å². The van der Waals surface area contributed by atoms with Gasteiger partial charge in [0.2, 0.25) is 0 Å². The third kappa shape index (κ3) is 3.19. The molecule has 1 aliphatic heterocycles. The monoisotopic (exact) mass is 304 g/mol. The minimum Gasteiger partial charge on any atom is -0.372 e. The van der Waals surface area contributed by atoms with Gasteiger partial charge in [0.05, 0.1) is 18.8 Å². The van der Waals surface area contributed by atoms with Crippen molar-refractivity contribution in [3.63, 3.8) is 0 Å². The molecule has 0 radical (unpaired) electrons. The third-order valence-electron chi connectivity index (χ3n) is 3.66. The first-order valence-corrected chi connectivity index (χ1v) is 8.13. The molecule has 0 saturated carbocycles. The number of thiophene rings is 1. The van der Waals surface area contributed by atoms with Gasteiger partial charge in [0.15, 0.2) is 0 Å². The van der Waals surface area contributed by atoms with Gasteiger partial charge in [0.1, 0.15) is 5.69 Å². The first-order chi connectivity index (χ1) is 10.1. The van der Waals surface area contributed by atoms with Crippen molar-refractivity contribution in [3.8, 4) is 0 Å². The van der Waals surface area contributed by atoms with Crippen LogP contribution in [0.3, 0.4) is 0 Å². The summed E-state index contributed by atoms with van der Waals surface area (Å²) >= 11 is 1.71. The summed E-state index contributed by atoms with van der Waals surface area (Å²) in [6.45, 7) is 6.10. The van der Waals surface area contributed by atoms with E-state index in [1.54, 1.807) is 11.3 Å². The zero-order chi connectivity index (χ0) is 14.8. The summed E-state index contributed by atoms with van der Waals surface area (Å²) in [6, 6.07) is 7.98. The van der Waals surface area contributed by atoms with Gasteiger partial charge < -0.3 is 14.2 Å². The quantitative estimate of drug-likeness (QED) is 0.874. The Bertz CT molecular complexity index is 596. The maximum atomic E-state index is 12.8. The summed E-state index contributed by atoms with van der Waals surface area (Å²) in [5.74, 6) is 0.0959. The number of carbonyl (C=O) groups is 1. The molecule has 0 N–H and O–H groups in total. The minimum absolute atomic E-state index is 0.0957. The molecule has 0 unspecified atom stereocenters. The average Bonchev–Trinajstić information content (AvgIpc) is 3.09. The van der Waals surface area contributed by atoms with Gasteiger partial charge in [-0.1, -0.05) is 6.07 Å². The SMILES string of the molecule is C[C@@H]1CN(C(=O)c2cccn2Cc2cccs2)C[C@H](C)O1. The Morgan fingerprint density at radius 2 is 2.05 bits per heavy atom. The Hall–Kier alpha value is -1.59. The molecule has 3 heterocycles. The number of hydrogen-bond acceptors (Lipinski definition) is 3. The number of carbonyl (C=O) groups excluding carboxylic acids is 1. The Kier molecular flexibility index (Phi) is 4.12. The molecular weight excluding hydrogens is 284 g/mol. The van der Waals surface area contributed by atoms with Crippen LogP contribution in [-0.2, 0) is 11.3 Å². The van der Waals surface area contributed by atoms with Crippen LogP contribution in [0.5, 0.6) is 0 Å². The van der Waals surface area contributed by atoms with Gasteiger partial charge in [0.25, 0.3) is 5.91 Å². The molecule has 2 atom stereocenters. The molecule has 0 spiro atoms. The predicted octanol–water partition coefficient (Wildman–Crippen LogP) is 2.85. The molecule has 0 aromatic carbocycles. The summed E-state index contributed by atoms with van der Waals surface area (Å²) in [5, 5.41) is 2.06. The van der Waals surface area contributed by atoms with E-state index in [4.69, 9.17) is 4.74 Å². The smallest absolute Gasteiger partial charge is 0.270 e. The highest BCUT2D eigenvalue weighted by Crippen LogP contribution is 2.17. The fraction of sp³-hybridized carbons (Fsp3) is 0.438. The summed E-state index contributed by atoms with van der Waals surface area (Å²) in [6.07, 6.45) is 2.16. The number of aromatic nitrogens is 1. The van der Waals surface area contributed by atoms with Crippen molar-refractivity contribution in [3.05, 3.63) is 46.4 Å². The Morgan fingerprint density at radius 3 is 2.71 bits per heavy atom. The maximum Gasteiger partial charge on any atom is 0.270 e. The zero-order valence-electron chi connectivity index (χ0n) is 12.4. The minimum atomic E-state index is 0.0957. The van der Waals surface area contributed by atoms with Crippen LogP contribution < -0.4 is 0 Å². The summed E-state index contributed by atoms with van der Waals surface area (Å²) in [7, 11) is 0. The van der Waals surface area contributed by atoms with Crippen LogP contribution in [-0.4, -0.2) is 40.7 Å². The molecule has 1 fully saturated rings. The van der Waals surface area contributed by atoms with Crippen LogP contribution in [0, 0.1) is 0 Å². The molecule has 0 aliphatic carbocycles. The Morgan fingerprint density at radius 1 is 1.29 bits per heavy atom. The van der Waals surface area contributed by atoms with Crippen LogP contribution in [0.15, 0.2) is 35.8 Å². The first kappa shape index (κ1) is 14.4. The lowest BCUT2D eigenvalue weighted by Crippen LogP contribution is -2.48. The summed E-state index contributed by atoms with van der Waals surface area (Å²) < 4.78 is 7.73. The van der Waals surface area contributed by atoms with E-state index in [2.05, 4.69) is 11.4 Å². The lowest BCUT2D eigenvalue weighted by atomic mass is 10.2. The van der Waals surface area contributed by atoms with Gasteiger partial charge in [0, 0.05) is 24.2 Å². The van der Waals surface area contributed by atoms with E-state index >= 15 is 0 Å². The summed E-state index contributed by atoms with van der Waals surface area (Å²) in [4.78, 5) is 15.9. The van der Waals surface area contributed by atoms with Crippen molar-refractivity contribution in [2.45, 2.75) is 32.6 Å². The van der Waals surface area contributed by atoms with Crippen molar-refractivity contribution in [1.29, 1.82) is 0 Å². The zero-order valence-corrected chi connectivity index (χ0v) is 13.2. The largest absolute Gasteiger partial charge is 0.372 e. The second-order valence-corrected chi connectivity index (χ2v) is 6.60. The molecular formula is C16H20N2O2S. The van der Waals surface area contributed by atoms with Crippen molar-refractivity contribution in [2.24, 2.45) is 0 Å². The van der Waals surface area contributed by atoms with Crippen LogP contribution in [0.25, 0.3) is 0 Å². The van der Waals surface area contributed by atoms with Gasteiger partial charge in [-0.05, 0) is 37.4 Å². The number of rotatable bonds is 3. The standard InChI is InChI=1S/C16H20N2O2S/c1-12-9-18(10-13(2)20-12)16(19)15-6-3-7-17(15)11-14-5-4-8-21-14/h3-8,12-13H,9-11H2,1-2H3/t12-,13+. The van der Waals surface area contributed by atoms with Crippen LogP contribution in [0.2, 0.25) is 0 Å². The fourth-order valence-corrected chi connectivity index (χ4v) is 3.52. The van der Waals surface area contributed by atoms with E-state index in [9.17, 15) is 4.79 Å². The van der Waals surface area contributed by atoms with Crippen LogP contribution in [0.4, 0.5) is 0 Å². The average molecular weight is 304 g/mol. The lowest BCUT2D eigenvalue weighted by molar-refractivity contribution is -0.0588. The van der Waals surface area contributed by atoms with Crippen molar-refractivity contribution < 1.29 is 9.53 Å². The number of hydrogen-bond donors (Lipinski definition) is 0. The molecule has 5 heteroatoms. The highest BCUT2D eigenvalue weighted by Gasteiger charge is 2.27. The predicted molar refractivity (Wildman–Crippen MR) is 83.8 cm³/mol.